The Hall–Kier alpha value is -3.65. The van der Waals surface area contributed by atoms with E-state index in [0.717, 1.165) is 5.69 Å². The van der Waals surface area contributed by atoms with Crippen molar-refractivity contribution in [1.29, 1.82) is 0 Å². The van der Waals surface area contributed by atoms with Crippen LogP contribution in [-0.2, 0) is 10.0 Å². The lowest BCUT2D eigenvalue weighted by molar-refractivity contribution is 0.415. The summed E-state index contributed by atoms with van der Waals surface area (Å²) in [6.07, 6.45) is 0. The summed E-state index contributed by atoms with van der Waals surface area (Å²) >= 11 is 0. The van der Waals surface area contributed by atoms with Gasteiger partial charge in [0.15, 0.2) is 11.6 Å². The van der Waals surface area contributed by atoms with E-state index in [0.29, 0.717) is 22.6 Å². The highest BCUT2D eigenvalue weighted by molar-refractivity contribution is 7.92. The Morgan fingerprint density at radius 1 is 0.759 bits per heavy atom. The number of benzene rings is 3. The lowest BCUT2D eigenvalue weighted by Gasteiger charge is -2.14. The van der Waals surface area contributed by atoms with Crippen LogP contribution in [0.4, 0.5) is 17.3 Å². The maximum Gasteiger partial charge on any atom is 0.263 e. The number of hydrogen-bond donors (Lipinski definition) is 2. The van der Waals surface area contributed by atoms with Crippen molar-refractivity contribution in [3.8, 4) is 5.75 Å². The first-order valence-electron chi connectivity index (χ1n) is 8.81. The van der Waals surface area contributed by atoms with E-state index in [1.807, 2.05) is 30.3 Å². The van der Waals surface area contributed by atoms with E-state index < -0.39 is 10.0 Å². The summed E-state index contributed by atoms with van der Waals surface area (Å²) < 4.78 is 33.3. The van der Waals surface area contributed by atoms with Crippen molar-refractivity contribution >= 4 is 38.4 Å². The van der Waals surface area contributed by atoms with Crippen LogP contribution >= 0.6 is 0 Å². The highest BCUT2D eigenvalue weighted by Crippen LogP contribution is 2.27. The van der Waals surface area contributed by atoms with Gasteiger partial charge in [0, 0.05) is 5.69 Å². The van der Waals surface area contributed by atoms with Gasteiger partial charge in [-0.3, -0.25) is 4.72 Å². The third-order valence-electron chi connectivity index (χ3n) is 4.21. The molecule has 1 aromatic heterocycles. The SMILES string of the molecule is COc1ccc(Nc2nc3ccccc3nc2NS(=O)(=O)c2ccccc2)cc1. The molecule has 0 aliphatic rings. The third-order valence-corrected chi connectivity index (χ3v) is 5.56. The van der Waals surface area contributed by atoms with E-state index in [2.05, 4.69) is 20.0 Å². The number of methoxy groups -OCH3 is 1. The summed E-state index contributed by atoms with van der Waals surface area (Å²) in [6.45, 7) is 0. The maximum absolute atomic E-state index is 12.8. The molecule has 0 amide bonds. The Bertz CT molecular complexity index is 1240. The predicted molar refractivity (Wildman–Crippen MR) is 113 cm³/mol. The van der Waals surface area contributed by atoms with E-state index in [4.69, 9.17) is 4.74 Å². The molecule has 0 aliphatic heterocycles. The van der Waals surface area contributed by atoms with Crippen LogP contribution in [-0.4, -0.2) is 25.5 Å². The molecule has 2 N–H and O–H groups in total. The molecule has 0 unspecified atom stereocenters. The zero-order valence-corrected chi connectivity index (χ0v) is 16.3. The van der Waals surface area contributed by atoms with Gasteiger partial charge >= 0.3 is 0 Å². The van der Waals surface area contributed by atoms with Crippen LogP contribution in [0.2, 0.25) is 0 Å². The minimum absolute atomic E-state index is 0.114. The summed E-state index contributed by atoms with van der Waals surface area (Å²) in [6, 6.07) is 22.6. The lowest BCUT2D eigenvalue weighted by Crippen LogP contribution is -2.16. The zero-order valence-electron chi connectivity index (χ0n) is 15.5. The number of rotatable bonds is 6. The van der Waals surface area contributed by atoms with Crippen molar-refractivity contribution in [2.75, 3.05) is 17.1 Å². The summed E-state index contributed by atoms with van der Waals surface area (Å²) in [4.78, 5) is 9.18. The number of anilines is 3. The number of nitrogens with one attached hydrogen (secondary N) is 2. The van der Waals surface area contributed by atoms with Gasteiger partial charge < -0.3 is 10.1 Å². The molecule has 8 heteroatoms. The second-order valence-electron chi connectivity index (χ2n) is 6.18. The first kappa shape index (κ1) is 18.7. The van der Waals surface area contributed by atoms with Crippen LogP contribution in [0.15, 0.2) is 83.8 Å². The monoisotopic (exact) mass is 406 g/mol. The highest BCUT2D eigenvalue weighted by Gasteiger charge is 2.18. The number of sulfonamides is 1. The number of aromatic nitrogens is 2. The average molecular weight is 406 g/mol. The zero-order chi connectivity index (χ0) is 20.3. The minimum Gasteiger partial charge on any atom is -0.497 e. The molecule has 0 radical (unpaired) electrons. The van der Waals surface area contributed by atoms with Gasteiger partial charge in [-0.15, -0.1) is 0 Å². The Morgan fingerprint density at radius 2 is 1.34 bits per heavy atom. The highest BCUT2D eigenvalue weighted by atomic mass is 32.2. The number of nitrogens with zero attached hydrogens (tertiary/aromatic N) is 2. The van der Waals surface area contributed by atoms with Crippen molar-refractivity contribution in [1.82, 2.24) is 9.97 Å². The van der Waals surface area contributed by atoms with Gasteiger partial charge in [0.1, 0.15) is 5.75 Å². The van der Waals surface area contributed by atoms with Crippen molar-refractivity contribution in [3.05, 3.63) is 78.9 Å². The van der Waals surface area contributed by atoms with E-state index in [-0.39, 0.29) is 10.7 Å². The molecule has 4 aromatic rings. The molecule has 0 atom stereocenters. The maximum atomic E-state index is 12.8. The van der Waals surface area contributed by atoms with Crippen molar-refractivity contribution in [2.24, 2.45) is 0 Å². The molecule has 0 saturated carbocycles. The summed E-state index contributed by atoms with van der Waals surface area (Å²) in [5.41, 5.74) is 1.94. The fraction of sp³-hybridized carbons (Fsp3) is 0.0476. The molecule has 0 fully saturated rings. The lowest BCUT2D eigenvalue weighted by atomic mass is 10.3. The fourth-order valence-electron chi connectivity index (χ4n) is 2.76. The van der Waals surface area contributed by atoms with Gasteiger partial charge in [-0.05, 0) is 48.5 Å². The molecule has 0 bridgehead atoms. The second-order valence-corrected chi connectivity index (χ2v) is 7.86. The fourth-order valence-corrected chi connectivity index (χ4v) is 3.79. The molecule has 3 aromatic carbocycles. The second kappa shape index (κ2) is 7.76. The van der Waals surface area contributed by atoms with E-state index in [1.165, 1.54) is 12.1 Å². The Labute approximate surface area is 168 Å². The summed E-state index contributed by atoms with van der Waals surface area (Å²) in [7, 11) is -2.23. The Morgan fingerprint density at radius 3 is 1.97 bits per heavy atom. The molecule has 146 valence electrons. The Balaban J connectivity index is 1.75. The number of ether oxygens (including phenoxy) is 1. The molecular weight excluding hydrogens is 388 g/mol. The number of hydrogen-bond acceptors (Lipinski definition) is 6. The van der Waals surface area contributed by atoms with Gasteiger partial charge in [-0.25, -0.2) is 18.4 Å². The predicted octanol–water partition coefficient (Wildman–Crippen LogP) is 4.18. The quantitative estimate of drug-likeness (QED) is 0.499. The molecular formula is C21H18N4O3S. The summed E-state index contributed by atoms with van der Waals surface area (Å²) in [5.74, 6) is 1.13. The van der Waals surface area contributed by atoms with Crippen LogP contribution in [0.1, 0.15) is 0 Å². The van der Waals surface area contributed by atoms with E-state index >= 15 is 0 Å². The molecule has 0 spiro atoms. The van der Waals surface area contributed by atoms with Gasteiger partial charge in [-0.1, -0.05) is 30.3 Å². The van der Waals surface area contributed by atoms with Gasteiger partial charge in [0.2, 0.25) is 0 Å². The largest absolute Gasteiger partial charge is 0.497 e. The normalized spacial score (nSPS) is 11.2. The van der Waals surface area contributed by atoms with E-state index in [1.54, 1.807) is 43.5 Å². The van der Waals surface area contributed by atoms with Crippen molar-refractivity contribution in [2.45, 2.75) is 4.90 Å². The minimum atomic E-state index is -3.82. The number of para-hydroxylation sites is 2. The molecule has 29 heavy (non-hydrogen) atoms. The first-order chi connectivity index (χ1) is 14.0. The van der Waals surface area contributed by atoms with Crippen LogP contribution in [0.5, 0.6) is 5.75 Å². The smallest absolute Gasteiger partial charge is 0.263 e. The molecule has 1 heterocycles. The standard InChI is InChI=1S/C21H18N4O3S/c1-28-16-13-11-15(12-14-16)22-20-21(24-19-10-6-5-9-18(19)23-20)25-29(26,27)17-7-3-2-4-8-17/h2-14H,1H3,(H,22,23)(H,24,25). The van der Waals surface area contributed by atoms with Gasteiger partial charge in [0.25, 0.3) is 10.0 Å². The van der Waals surface area contributed by atoms with Gasteiger partial charge in [0.05, 0.1) is 23.0 Å². The van der Waals surface area contributed by atoms with Gasteiger partial charge in [-0.2, -0.15) is 0 Å². The van der Waals surface area contributed by atoms with Crippen LogP contribution in [0.25, 0.3) is 11.0 Å². The topological polar surface area (TPSA) is 93.2 Å². The van der Waals surface area contributed by atoms with Crippen molar-refractivity contribution < 1.29 is 13.2 Å². The number of fused-ring (bicyclic) bond motifs is 1. The third kappa shape index (κ3) is 4.12. The van der Waals surface area contributed by atoms with Crippen LogP contribution < -0.4 is 14.8 Å². The van der Waals surface area contributed by atoms with Crippen molar-refractivity contribution in [3.63, 3.8) is 0 Å². The molecule has 7 nitrogen and oxygen atoms in total. The molecule has 4 rings (SSSR count). The first-order valence-corrected chi connectivity index (χ1v) is 10.3. The Kier molecular flexibility index (Phi) is 5.01. The van der Waals surface area contributed by atoms with Crippen LogP contribution in [0, 0.1) is 0 Å². The molecule has 0 saturated heterocycles. The molecule has 0 aliphatic carbocycles. The summed E-state index contributed by atoms with van der Waals surface area (Å²) in [5, 5.41) is 3.13. The average Bonchev–Trinajstić information content (AvgIpc) is 2.75. The van der Waals surface area contributed by atoms with E-state index in [9.17, 15) is 8.42 Å². The van der Waals surface area contributed by atoms with Crippen LogP contribution in [0.3, 0.4) is 0 Å².